The predicted molar refractivity (Wildman–Crippen MR) is 87.0 cm³/mol. The molecule has 23 heavy (non-hydrogen) atoms. The van der Waals surface area contributed by atoms with Gasteiger partial charge >= 0.3 is 0 Å². The SMILES string of the molecule is COCOc1cc(OC)cc(O)c1C(=O)/C=C/c1ccccc1. The van der Waals surface area contributed by atoms with Crippen molar-refractivity contribution in [2.24, 2.45) is 0 Å². The highest BCUT2D eigenvalue weighted by Crippen LogP contribution is 2.34. The van der Waals surface area contributed by atoms with Gasteiger partial charge in [-0.15, -0.1) is 0 Å². The predicted octanol–water partition coefficient (Wildman–Crippen LogP) is 3.28. The van der Waals surface area contributed by atoms with Gasteiger partial charge in [-0.1, -0.05) is 36.4 Å². The average molecular weight is 314 g/mol. The number of carbonyl (C=O) groups excluding carboxylic acids is 1. The van der Waals surface area contributed by atoms with E-state index < -0.39 is 0 Å². The van der Waals surface area contributed by atoms with Crippen LogP contribution in [0.15, 0.2) is 48.5 Å². The number of methoxy groups -OCH3 is 2. The first-order valence-corrected chi connectivity index (χ1v) is 6.96. The Kier molecular flexibility index (Phi) is 5.77. The minimum atomic E-state index is -0.375. The first kappa shape index (κ1) is 16.6. The van der Waals surface area contributed by atoms with Crippen LogP contribution < -0.4 is 9.47 Å². The number of benzene rings is 2. The highest BCUT2D eigenvalue weighted by Gasteiger charge is 2.18. The topological polar surface area (TPSA) is 65.0 Å². The van der Waals surface area contributed by atoms with Crippen molar-refractivity contribution in [3.8, 4) is 17.2 Å². The fraction of sp³-hybridized carbons (Fsp3) is 0.167. The van der Waals surface area contributed by atoms with E-state index in [2.05, 4.69) is 0 Å². The van der Waals surface area contributed by atoms with Crippen LogP contribution in [0, 0.1) is 0 Å². The van der Waals surface area contributed by atoms with Crippen molar-refractivity contribution in [3.63, 3.8) is 0 Å². The third kappa shape index (κ3) is 4.34. The molecule has 5 heteroatoms. The Labute approximate surface area is 134 Å². The van der Waals surface area contributed by atoms with Gasteiger partial charge in [-0.25, -0.2) is 0 Å². The maximum atomic E-state index is 12.4. The van der Waals surface area contributed by atoms with E-state index in [1.54, 1.807) is 6.08 Å². The van der Waals surface area contributed by atoms with E-state index in [4.69, 9.17) is 14.2 Å². The summed E-state index contributed by atoms with van der Waals surface area (Å²) < 4.78 is 15.3. The van der Waals surface area contributed by atoms with Gasteiger partial charge in [0, 0.05) is 19.2 Å². The zero-order valence-corrected chi connectivity index (χ0v) is 13.0. The molecule has 0 bridgehead atoms. The summed E-state index contributed by atoms with van der Waals surface area (Å²) in [5.41, 5.74) is 0.947. The van der Waals surface area contributed by atoms with Crippen molar-refractivity contribution >= 4 is 11.9 Å². The molecule has 0 fully saturated rings. The van der Waals surface area contributed by atoms with Crippen molar-refractivity contribution in [1.82, 2.24) is 0 Å². The fourth-order valence-corrected chi connectivity index (χ4v) is 2.00. The highest BCUT2D eigenvalue weighted by molar-refractivity contribution is 6.10. The van der Waals surface area contributed by atoms with Crippen LogP contribution in [-0.2, 0) is 4.74 Å². The molecule has 0 saturated carbocycles. The van der Waals surface area contributed by atoms with E-state index in [-0.39, 0.29) is 29.6 Å². The van der Waals surface area contributed by atoms with Gasteiger partial charge in [0.15, 0.2) is 12.6 Å². The molecule has 0 heterocycles. The average Bonchev–Trinajstić information content (AvgIpc) is 2.58. The standard InChI is InChI=1S/C18H18O5/c1-21-12-23-17-11-14(22-2)10-16(20)18(17)15(19)9-8-13-6-4-3-5-7-13/h3-11,20H,12H2,1-2H3/b9-8+. The number of aromatic hydroxyl groups is 1. The maximum Gasteiger partial charge on any atom is 0.193 e. The second-order valence-corrected chi connectivity index (χ2v) is 4.68. The maximum absolute atomic E-state index is 12.4. The summed E-state index contributed by atoms with van der Waals surface area (Å²) in [6.45, 7) is -0.0463. The molecule has 0 saturated heterocycles. The van der Waals surface area contributed by atoms with Crippen LogP contribution in [0.25, 0.3) is 6.08 Å². The van der Waals surface area contributed by atoms with Crippen molar-refractivity contribution in [1.29, 1.82) is 0 Å². The number of ketones is 1. The third-order valence-corrected chi connectivity index (χ3v) is 3.10. The molecule has 0 aromatic heterocycles. The second kappa shape index (κ2) is 8.00. The van der Waals surface area contributed by atoms with Crippen LogP contribution in [0.2, 0.25) is 0 Å². The summed E-state index contributed by atoms with van der Waals surface area (Å²) in [7, 11) is 2.93. The molecular weight excluding hydrogens is 296 g/mol. The zero-order valence-electron chi connectivity index (χ0n) is 13.0. The van der Waals surface area contributed by atoms with E-state index in [1.807, 2.05) is 30.3 Å². The second-order valence-electron chi connectivity index (χ2n) is 4.68. The Morgan fingerprint density at radius 3 is 2.57 bits per heavy atom. The van der Waals surface area contributed by atoms with Gasteiger partial charge in [0.1, 0.15) is 22.8 Å². The molecule has 0 aliphatic heterocycles. The lowest BCUT2D eigenvalue weighted by atomic mass is 10.1. The van der Waals surface area contributed by atoms with Gasteiger partial charge in [0.05, 0.1) is 7.11 Å². The Balaban J connectivity index is 2.32. The van der Waals surface area contributed by atoms with Gasteiger partial charge in [0.2, 0.25) is 0 Å². The third-order valence-electron chi connectivity index (χ3n) is 3.10. The number of hydrogen-bond donors (Lipinski definition) is 1. The Morgan fingerprint density at radius 1 is 1.17 bits per heavy atom. The fourth-order valence-electron chi connectivity index (χ4n) is 2.00. The molecule has 5 nitrogen and oxygen atoms in total. The zero-order chi connectivity index (χ0) is 16.7. The molecule has 1 N–H and O–H groups in total. The van der Waals surface area contributed by atoms with E-state index in [0.717, 1.165) is 5.56 Å². The van der Waals surface area contributed by atoms with Crippen molar-refractivity contribution < 1.29 is 24.1 Å². The molecule has 0 aliphatic rings. The molecular formula is C18H18O5. The van der Waals surface area contributed by atoms with Gasteiger partial charge in [-0.05, 0) is 11.6 Å². The van der Waals surface area contributed by atoms with Crippen LogP contribution in [0.4, 0.5) is 0 Å². The van der Waals surface area contributed by atoms with Gasteiger partial charge in [0.25, 0.3) is 0 Å². The summed E-state index contributed by atoms with van der Waals surface area (Å²) in [5.74, 6) is 0.00174. The molecule has 0 radical (unpaired) electrons. The first-order chi connectivity index (χ1) is 11.2. The van der Waals surface area contributed by atoms with Crippen LogP contribution in [0.1, 0.15) is 15.9 Å². The van der Waals surface area contributed by atoms with E-state index in [0.29, 0.717) is 5.75 Å². The van der Waals surface area contributed by atoms with Crippen molar-refractivity contribution in [2.45, 2.75) is 0 Å². The smallest absolute Gasteiger partial charge is 0.193 e. The monoisotopic (exact) mass is 314 g/mol. The van der Waals surface area contributed by atoms with Gasteiger partial charge in [-0.3, -0.25) is 4.79 Å². The lowest BCUT2D eigenvalue weighted by Crippen LogP contribution is -2.05. The highest BCUT2D eigenvalue weighted by atomic mass is 16.7. The van der Waals surface area contributed by atoms with E-state index >= 15 is 0 Å². The molecule has 0 aliphatic carbocycles. The number of allylic oxidation sites excluding steroid dienone is 1. The van der Waals surface area contributed by atoms with Gasteiger partial charge in [-0.2, -0.15) is 0 Å². The van der Waals surface area contributed by atoms with Crippen LogP contribution in [0.3, 0.4) is 0 Å². The molecule has 0 atom stereocenters. The quantitative estimate of drug-likeness (QED) is 0.483. The molecule has 120 valence electrons. The van der Waals surface area contributed by atoms with Gasteiger partial charge < -0.3 is 19.3 Å². The molecule has 2 aromatic rings. The normalized spacial score (nSPS) is 10.7. The Bertz CT molecular complexity index is 692. The van der Waals surface area contributed by atoms with E-state index in [9.17, 15) is 9.90 Å². The number of carbonyl (C=O) groups is 1. The first-order valence-electron chi connectivity index (χ1n) is 6.96. The number of hydrogen-bond acceptors (Lipinski definition) is 5. The number of phenolic OH excluding ortho intramolecular Hbond substituents is 1. The van der Waals surface area contributed by atoms with Crippen LogP contribution in [0.5, 0.6) is 17.2 Å². The lowest BCUT2D eigenvalue weighted by molar-refractivity contribution is 0.0500. The number of phenols is 1. The summed E-state index contributed by atoms with van der Waals surface area (Å²) >= 11 is 0. The van der Waals surface area contributed by atoms with Crippen molar-refractivity contribution in [3.05, 3.63) is 59.7 Å². The minimum Gasteiger partial charge on any atom is -0.507 e. The number of ether oxygens (including phenoxy) is 3. The van der Waals surface area contributed by atoms with E-state index in [1.165, 1.54) is 32.4 Å². The van der Waals surface area contributed by atoms with Crippen LogP contribution >= 0.6 is 0 Å². The molecule has 0 unspecified atom stereocenters. The summed E-state index contributed by atoms with van der Waals surface area (Å²) in [6, 6.07) is 12.3. The lowest BCUT2D eigenvalue weighted by Gasteiger charge is -2.12. The number of rotatable bonds is 7. The largest absolute Gasteiger partial charge is 0.507 e. The summed E-state index contributed by atoms with van der Waals surface area (Å²) in [6.07, 6.45) is 3.06. The molecule has 2 aromatic carbocycles. The van der Waals surface area contributed by atoms with Crippen molar-refractivity contribution in [2.75, 3.05) is 21.0 Å². The molecule has 2 rings (SSSR count). The Hall–Kier alpha value is -2.79. The summed E-state index contributed by atoms with van der Waals surface area (Å²) in [5, 5.41) is 10.1. The summed E-state index contributed by atoms with van der Waals surface area (Å²) in [4.78, 5) is 12.4. The molecule has 0 amide bonds. The van der Waals surface area contributed by atoms with Crippen LogP contribution in [-0.4, -0.2) is 31.9 Å². The minimum absolute atomic E-state index is 0.0463. The molecule has 0 spiro atoms. The Morgan fingerprint density at radius 2 is 1.91 bits per heavy atom.